The Bertz CT molecular complexity index is 427. The molecule has 0 aromatic carbocycles. The van der Waals surface area contributed by atoms with Gasteiger partial charge in [0.1, 0.15) is 6.54 Å². The molecule has 0 saturated carbocycles. The molecular weight excluding hydrogens is 256 g/mol. The molecule has 1 saturated heterocycles. The van der Waals surface area contributed by atoms with Gasteiger partial charge in [-0.15, -0.1) is 0 Å². The number of nitrogens with one attached hydrogen (secondary N) is 1. The normalized spacial score (nSPS) is 19.0. The fraction of sp³-hybridized carbons (Fsp3) is 0.714. The van der Waals surface area contributed by atoms with E-state index in [1.54, 1.807) is 18.1 Å². The summed E-state index contributed by atoms with van der Waals surface area (Å²) in [6, 6.07) is 2.01. The van der Waals surface area contributed by atoms with Crippen LogP contribution in [0.4, 0.5) is 0 Å². The van der Waals surface area contributed by atoms with Crippen LogP contribution in [0.5, 0.6) is 0 Å². The van der Waals surface area contributed by atoms with Crippen LogP contribution in [0.1, 0.15) is 30.9 Å². The zero-order chi connectivity index (χ0) is 14.4. The number of aliphatic hydroxyl groups is 1. The number of carbonyl (C=O) groups is 1. The summed E-state index contributed by atoms with van der Waals surface area (Å²) >= 11 is 0. The number of rotatable bonds is 6. The van der Waals surface area contributed by atoms with E-state index in [9.17, 15) is 4.79 Å². The van der Waals surface area contributed by atoms with Crippen LogP contribution in [0.25, 0.3) is 0 Å². The van der Waals surface area contributed by atoms with E-state index in [4.69, 9.17) is 5.11 Å². The van der Waals surface area contributed by atoms with E-state index in [0.717, 1.165) is 25.2 Å². The number of likely N-dealkylation sites (N-methyl/N-ethyl adjacent to an activating group) is 1. The predicted molar refractivity (Wildman–Crippen MR) is 76.4 cm³/mol. The van der Waals surface area contributed by atoms with Crippen LogP contribution in [0, 0.1) is 0 Å². The zero-order valence-electron chi connectivity index (χ0n) is 12.1. The molecule has 112 valence electrons. The molecule has 20 heavy (non-hydrogen) atoms. The van der Waals surface area contributed by atoms with Gasteiger partial charge in [-0.25, -0.2) is 0 Å². The maximum atomic E-state index is 12.1. The Morgan fingerprint density at radius 2 is 2.50 bits per heavy atom. The molecule has 0 aliphatic carbocycles. The van der Waals surface area contributed by atoms with Crippen LogP contribution in [0.2, 0.25) is 0 Å². The number of hydrogen-bond acceptors (Lipinski definition) is 4. The number of nitrogens with zero attached hydrogens (tertiary/aromatic N) is 3. The fourth-order valence-corrected chi connectivity index (χ4v) is 2.61. The van der Waals surface area contributed by atoms with Crippen LogP contribution in [0.15, 0.2) is 12.3 Å². The molecule has 6 nitrogen and oxygen atoms in total. The van der Waals surface area contributed by atoms with Gasteiger partial charge >= 0.3 is 0 Å². The van der Waals surface area contributed by atoms with E-state index < -0.39 is 0 Å². The standard InChI is InChI=1S/C14H24N4O2/c1-17(8-3-9-19)14(20)11-18-13(5-7-16-18)12-4-2-6-15-10-12/h5,7,12,15,19H,2-4,6,8-11H2,1H3/t12-/m1/s1. The SMILES string of the molecule is CN(CCCO)C(=O)Cn1nccc1[C@@H]1CCCNC1. The Hall–Kier alpha value is -1.40. The van der Waals surface area contributed by atoms with Crippen molar-refractivity contribution in [2.75, 3.05) is 33.3 Å². The first-order valence-electron chi connectivity index (χ1n) is 7.29. The van der Waals surface area contributed by atoms with Crippen LogP contribution in [-0.4, -0.2) is 59.0 Å². The van der Waals surface area contributed by atoms with Crippen LogP contribution in [-0.2, 0) is 11.3 Å². The monoisotopic (exact) mass is 280 g/mol. The molecule has 1 aliphatic heterocycles. The average Bonchev–Trinajstić information content (AvgIpc) is 2.93. The van der Waals surface area contributed by atoms with Gasteiger partial charge in [-0.2, -0.15) is 5.10 Å². The molecule has 0 unspecified atom stereocenters. The Balaban J connectivity index is 1.95. The minimum Gasteiger partial charge on any atom is -0.396 e. The second kappa shape index (κ2) is 7.40. The minimum atomic E-state index is 0.0344. The summed E-state index contributed by atoms with van der Waals surface area (Å²) in [6.45, 7) is 3.00. The lowest BCUT2D eigenvalue weighted by Crippen LogP contribution is -2.34. The Labute approximate surface area is 119 Å². The van der Waals surface area contributed by atoms with Gasteiger partial charge < -0.3 is 15.3 Å². The molecule has 1 amide bonds. The summed E-state index contributed by atoms with van der Waals surface area (Å²) in [5, 5.41) is 16.5. The first-order chi connectivity index (χ1) is 9.72. The molecule has 1 aromatic heterocycles. The van der Waals surface area contributed by atoms with Gasteiger partial charge in [0.2, 0.25) is 5.91 Å². The smallest absolute Gasteiger partial charge is 0.244 e. The summed E-state index contributed by atoms with van der Waals surface area (Å²) in [6.07, 6.45) is 4.69. The van der Waals surface area contributed by atoms with Gasteiger partial charge in [-0.05, 0) is 31.9 Å². The quantitative estimate of drug-likeness (QED) is 0.780. The molecule has 1 atom stereocenters. The van der Waals surface area contributed by atoms with Gasteiger partial charge in [-0.3, -0.25) is 9.48 Å². The average molecular weight is 280 g/mol. The summed E-state index contributed by atoms with van der Waals surface area (Å²) < 4.78 is 1.81. The van der Waals surface area contributed by atoms with Crippen molar-refractivity contribution in [3.8, 4) is 0 Å². The van der Waals surface area contributed by atoms with Crippen molar-refractivity contribution < 1.29 is 9.90 Å². The second-order valence-electron chi connectivity index (χ2n) is 5.35. The van der Waals surface area contributed by atoms with E-state index in [-0.39, 0.29) is 19.1 Å². The van der Waals surface area contributed by atoms with Crippen LogP contribution >= 0.6 is 0 Å². The molecule has 2 heterocycles. The molecule has 1 aliphatic rings. The van der Waals surface area contributed by atoms with Crippen molar-refractivity contribution in [1.29, 1.82) is 0 Å². The topological polar surface area (TPSA) is 70.4 Å². The van der Waals surface area contributed by atoms with Gasteiger partial charge in [0, 0.05) is 44.6 Å². The Kier molecular flexibility index (Phi) is 5.55. The zero-order valence-corrected chi connectivity index (χ0v) is 12.1. The molecule has 0 spiro atoms. The molecule has 6 heteroatoms. The number of hydrogen-bond donors (Lipinski definition) is 2. The number of aliphatic hydroxyl groups excluding tert-OH is 1. The largest absolute Gasteiger partial charge is 0.396 e. The molecule has 1 fully saturated rings. The van der Waals surface area contributed by atoms with Crippen molar-refractivity contribution in [3.63, 3.8) is 0 Å². The molecular formula is C14H24N4O2. The first kappa shape index (κ1) is 15.0. The van der Waals surface area contributed by atoms with Gasteiger partial charge in [0.25, 0.3) is 0 Å². The lowest BCUT2D eigenvalue weighted by atomic mass is 9.96. The van der Waals surface area contributed by atoms with Gasteiger partial charge in [-0.1, -0.05) is 0 Å². The van der Waals surface area contributed by atoms with Crippen molar-refractivity contribution in [3.05, 3.63) is 18.0 Å². The Morgan fingerprint density at radius 1 is 1.65 bits per heavy atom. The third-order valence-electron chi connectivity index (χ3n) is 3.83. The fourth-order valence-electron chi connectivity index (χ4n) is 2.61. The van der Waals surface area contributed by atoms with Gasteiger partial charge in [0.05, 0.1) is 0 Å². The summed E-state index contributed by atoms with van der Waals surface area (Å²) in [5.74, 6) is 0.481. The predicted octanol–water partition coefficient (Wildman–Crippen LogP) is 0.191. The maximum Gasteiger partial charge on any atom is 0.244 e. The summed E-state index contributed by atoms with van der Waals surface area (Å²) in [4.78, 5) is 13.8. The highest BCUT2D eigenvalue weighted by atomic mass is 16.3. The van der Waals surface area contributed by atoms with Crippen molar-refractivity contribution in [2.45, 2.75) is 31.7 Å². The highest BCUT2D eigenvalue weighted by molar-refractivity contribution is 5.75. The Morgan fingerprint density at radius 3 is 3.20 bits per heavy atom. The van der Waals surface area contributed by atoms with E-state index in [1.165, 1.54) is 6.42 Å². The number of amides is 1. The van der Waals surface area contributed by atoms with E-state index in [1.807, 2.05) is 10.7 Å². The van der Waals surface area contributed by atoms with E-state index in [0.29, 0.717) is 18.9 Å². The highest BCUT2D eigenvalue weighted by Gasteiger charge is 2.20. The van der Waals surface area contributed by atoms with Crippen molar-refractivity contribution in [1.82, 2.24) is 20.0 Å². The van der Waals surface area contributed by atoms with Crippen LogP contribution < -0.4 is 5.32 Å². The molecule has 2 N–H and O–H groups in total. The van der Waals surface area contributed by atoms with Crippen molar-refractivity contribution >= 4 is 5.91 Å². The molecule has 0 radical (unpaired) electrons. The summed E-state index contributed by atoms with van der Waals surface area (Å²) in [7, 11) is 1.77. The highest BCUT2D eigenvalue weighted by Crippen LogP contribution is 2.22. The summed E-state index contributed by atoms with van der Waals surface area (Å²) in [5.41, 5.74) is 1.14. The van der Waals surface area contributed by atoms with E-state index >= 15 is 0 Å². The number of aromatic nitrogens is 2. The lowest BCUT2D eigenvalue weighted by molar-refractivity contribution is -0.130. The number of carbonyl (C=O) groups excluding carboxylic acids is 1. The molecule has 0 bridgehead atoms. The van der Waals surface area contributed by atoms with Crippen molar-refractivity contribution in [2.24, 2.45) is 0 Å². The molecule has 1 aromatic rings. The lowest BCUT2D eigenvalue weighted by Gasteiger charge is -2.24. The number of piperidine rings is 1. The third kappa shape index (κ3) is 3.80. The third-order valence-corrected chi connectivity index (χ3v) is 3.83. The first-order valence-corrected chi connectivity index (χ1v) is 7.29. The maximum absolute atomic E-state index is 12.1. The molecule has 2 rings (SSSR count). The second-order valence-corrected chi connectivity index (χ2v) is 5.35. The van der Waals surface area contributed by atoms with Crippen LogP contribution in [0.3, 0.4) is 0 Å². The van der Waals surface area contributed by atoms with E-state index in [2.05, 4.69) is 10.4 Å². The minimum absolute atomic E-state index is 0.0344. The van der Waals surface area contributed by atoms with Gasteiger partial charge in [0.15, 0.2) is 0 Å².